The lowest BCUT2D eigenvalue weighted by Crippen LogP contribution is -2.47. The van der Waals surface area contributed by atoms with Crippen LogP contribution in [0.15, 0.2) is 0 Å². The second kappa shape index (κ2) is 7.85. The molecule has 4 bridgehead atoms. The van der Waals surface area contributed by atoms with Gasteiger partial charge in [-0.15, -0.1) is 0 Å². The Kier molecular flexibility index (Phi) is 6.01. The molecule has 0 aromatic heterocycles. The summed E-state index contributed by atoms with van der Waals surface area (Å²) in [5, 5.41) is 19.3. The average molecular weight is 666 g/mol. The highest BCUT2D eigenvalue weighted by Gasteiger charge is 2.64. The van der Waals surface area contributed by atoms with Crippen molar-refractivity contribution in [1.82, 2.24) is 0 Å². The molecule has 0 amide bonds. The maximum Gasteiger partial charge on any atom is 0.317 e. The van der Waals surface area contributed by atoms with E-state index in [1.54, 1.807) is 0 Å². The molecular formula is C18H18Br4O7. The molecule has 0 aromatic rings. The van der Waals surface area contributed by atoms with E-state index in [4.69, 9.17) is 4.74 Å². The average Bonchev–Trinajstić information content (AvgIpc) is 3.36. The summed E-state index contributed by atoms with van der Waals surface area (Å²) in [7, 11) is 0. The van der Waals surface area contributed by atoms with Crippen LogP contribution in [-0.2, 0) is 23.9 Å². The number of halogens is 4. The predicted molar refractivity (Wildman–Crippen MR) is 114 cm³/mol. The van der Waals surface area contributed by atoms with E-state index in [-0.39, 0.29) is 43.0 Å². The number of ether oxygens (including phenoxy) is 1. The minimum absolute atomic E-state index is 0.0691. The van der Waals surface area contributed by atoms with Gasteiger partial charge < -0.3 is 14.9 Å². The van der Waals surface area contributed by atoms with Gasteiger partial charge in [-0.3, -0.25) is 19.2 Å². The van der Waals surface area contributed by atoms with Crippen molar-refractivity contribution in [2.24, 2.45) is 47.3 Å². The normalized spacial score (nSPS) is 49.9. The van der Waals surface area contributed by atoms with Gasteiger partial charge in [0.25, 0.3) is 0 Å². The summed E-state index contributed by atoms with van der Waals surface area (Å²) in [5.74, 6) is -8.55. The van der Waals surface area contributed by atoms with Crippen LogP contribution in [0.5, 0.6) is 0 Å². The minimum Gasteiger partial charge on any atom is -0.481 e. The Morgan fingerprint density at radius 3 is 1.14 bits per heavy atom. The lowest BCUT2D eigenvalue weighted by Gasteiger charge is -2.34. The molecular weight excluding hydrogens is 648 g/mol. The number of aliphatic carboxylic acids is 2. The zero-order chi connectivity index (χ0) is 21.4. The Balaban J connectivity index is 1.53. The molecule has 2 N–H and O–H groups in total. The number of alkyl halides is 4. The summed E-state index contributed by atoms with van der Waals surface area (Å²) in [5.41, 5.74) is 0. The maximum absolute atomic E-state index is 12.9. The third-order valence-corrected chi connectivity index (χ3v) is 13.7. The highest BCUT2D eigenvalue weighted by atomic mass is 79.9. The number of hydrogen-bond acceptors (Lipinski definition) is 5. The Bertz CT molecular complexity index is 713. The topological polar surface area (TPSA) is 118 Å². The molecule has 4 saturated carbocycles. The molecule has 0 radical (unpaired) electrons. The van der Waals surface area contributed by atoms with Crippen LogP contribution in [0.25, 0.3) is 0 Å². The molecule has 12 unspecified atom stereocenters. The van der Waals surface area contributed by atoms with Gasteiger partial charge in [0.15, 0.2) is 0 Å². The van der Waals surface area contributed by atoms with Gasteiger partial charge in [0, 0.05) is 19.3 Å². The second-order valence-corrected chi connectivity index (χ2v) is 12.7. The van der Waals surface area contributed by atoms with Crippen LogP contribution < -0.4 is 0 Å². The Morgan fingerprint density at radius 1 is 0.586 bits per heavy atom. The van der Waals surface area contributed by atoms with E-state index in [9.17, 15) is 29.4 Å². The van der Waals surface area contributed by atoms with E-state index >= 15 is 0 Å². The van der Waals surface area contributed by atoms with Gasteiger partial charge in [0.05, 0.1) is 23.7 Å². The monoisotopic (exact) mass is 662 g/mol. The molecule has 4 fully saturated rings. The molecule has 4 aliphatic carbocycles. The van der Waals surface area contributed by atoms with Crippen LogP contribution in [0.4, 0.5) is 0 Å². The van der Waals surface area contributed by atoms with Crippen molar-refractivity contribution < 1.29 is 34.1 Å². The van der Waals surface area contributed by atoms with Gasteiger partial charge in [0.1, 0.15) is 0 Å². The molecule has 4 rings (SSSR count). The molecule has 0 aliphatic heterocycles. The van der Waals surface area contributed by atoms with E-state index in [2.05, 4.69) is 63.7 Å². The van der Waals surface area contributed by atoms with Crippen LogP contribution in [0.1, 0.15) is 12.8 Å². The first-order valence-electron chi connectivity index (χ1n) is 9.33. The lowest BCUT2D eigenvalue weighted by atomic mass is 9.78. The Labute approximate surface area is 200 Å². The van der Waals surface area contributed by atoms with Crippen LogP contribution in [0.2, 0.25) is 0 Å². The van der Waals surface area contributed by atoms with Crippen molar-refractivity contribution in [2.45, 2.75) is 32.2 Å². The van der Waals surface area contributed by atoms with Crippen molar-refractivity contribution in [3.63, 3.8) is 0 Å². The zero-order valence-electron chi connectivity index (χ0n) is 14.8. The number of carbonyl (C=O) groups excluding carboxylic acids is 2. The van der Waals surface area contributed by atoms with Crippen molar-refractivity contribution in [3.8, 4) is 0 Å². The first-order chi connectivity index (χ1) is 13.6. The number of hydrogen-bond donors (Lipinski definition) is 2. The third kappa shape index (κ3) is 3.28. The summed E-state index contributed by atoms with van der Waals surface area (Å²) in [6, 6.07) is 0. The summed E-state index contributed by atoms with van der Waals surface area (Å²) >= 11 is 14.1. The molecule has 29 heavy (non-hydrogen) atoms. The zero-order valence-corrected chi connectivity index (χ0v) is 21.1. The van der Waals surface area contributed by atoms with E-state index in [1.807, 2.05) is 0 Å². The molecule has 4 aliphatic rings. The predicted octanol–water partition coefficient (Wildman–Crippen LogP) is 3.04. The van der Waals surface area contributed by atoms with Crippen molar-refractivity contribution in [1.29, 1.82) is 0 Å². The summed E-state index contributed by atoms with van der Waals surface area (Å²) < 4.78 is 5.17. The van der Waals surface area contributed by atoms with Crippen LogP contribution in [-0.4, -0.2) is 53.4 Å². The molecule has 12 atom stereocenters. The second-order valence-electron chi connectivity index (χ2n) is 8.42. The first kappa shape index (κ1) is 22.2. The van der Waals surface area contributed by atoms with Crippen molar-refractivity contribution >= 4 is 87.6 Å². The molecule has 160 valence electrons. The molecule has 7 nitrogen and oxygen atoms in total. The number of rotatable bonds is 4. The quantitative estimate of drug-likeness (QED) is 0.269. The SMILES string of the molecule is O=C(O)C1C2CC(C(Br)C2Br)C1C(=O)OC(=O)C1C2CC(C(Br)C2Br)C1C(=O)O. The summed E-state index contributed by atoms with van der Waals surface area (Å²) in [6.45, 7) is 0. The van der Waals surface area contributed by atoms with Gasteiger partial charge in [-0.2, -0.15) is 0 Å². The van der Waals surface area contributed by atoms with Crippen molar-refractivity contribution in [3.05, 3.63) is 0 Å². The van der Waals surface area contributed by atoms with Crippen molar-refractivity contribution in [2.75, 3.05) is 0 Å². The molecule has 0 saturated heterocycles. The fourth-order valence-corrected chi connectivity index (χ4v) is 9.84. The van der Waals surface area contributed by atoms with E-state index in [0.717, 1.165) is 0 Å². The fraction of sp³-hybridized carbons (Fsp3) is 0.778. The molecule has 0 aromatic carbocycles. The highest BCUT2D eigenvalue weighted by molar-refractivity contribution is 9.12. The van der Waals surface area contributed by atoms with E-state index < -0.39 is 47.5 Å². The van der Waals surface area contributed by atoms with Crippen LogP contribution >= 0.6 is 63.7 Å². The highest BCUT2D eigenvalue weighted by Crippen LogP contribution is 2.59. The fourth-order valence-electron chi connectivity index (χ4n) is 6.09. The Hall–Kier alpha value is -0.000000000000000222. The minimum atomic E-state index is -1.08. The van der Waals surface area contributed by atoms with Crippen LogP contribution in [0.3, 0.4) is 0 Å². The summed E-state index contributed by atoms with van der Waals surface area (Å²) in [4.78, 5) is 49.1. The standard InChI is InChI=1S/C18H18Br4O7/c19-11-3-1-5(13(11)21)9(7(3)15(23)24)17(27)29-18(28)10-6-2-4(8(10)16(25)26)12(20)14(6)22/h3-14H,1-2H2,(H,23,24)(H,25,26). The number of esters is 2. The molecule has 11 heteroatoms. The van der Waals surface area contributed by atoms with E-state index in [1.165, 1.54) is 0 Å². The lowest BCUT2D eigenvalue weighted by molar-refractivity contribution is -0.174. The van der Waals surface area contributed by atoms with Gasteiger partial charge >= 0.3 is 23.9 Å². The maximum atomic E-state index is 12.9. The van der Waals surface area contributed by atoms with Gasteiger partial charge in [-0.25, -0.2) is 0 Å². The number of carboxylic acid groups (broad SMARTS) is 2. The van der Waals surface area contributed by atoms with E-state index in [0.29, 0.717) is 12.8 Å². The van der Waals surface area contributed by atoms with Gasteiger partial charge in [0.2, 0.25) is 0 Å². The smallest absolute Gasteiger partial charge is 0.317 e. The third-order valence-electron chi connectivity index (χ3n) is 7.27. The Morgan fingerprint density at radius 2 is 0.862 bits per heavy atom. The van der Waals surface area contributed by atoms with Gasteiger partial charge in [-0.05, 0) is 36.5 Å². The number of carbonyl (C=O) groups is 4. The first-order valence-corrected chi connectivity index (χ1v) is 13.0. The van der Waals surface area contributed by atoms with Crippen LogP contribution in [0, 0.1) is 47.3 Å². The summed E-state index contributed by atoms with van der Waals surface area (Å²) in [6.07, 6.45) is 1.11. The molecule has 0 spiro atoms. The largest absolute Gasteiger partial charge is 0.481 e. The molecule has 0 heterocycles. The number of carboxylic acids is 2. The number of fused-ring (bicyclic) bond motifs is 4. The van der Waals surface area contributed by atoms with Gasteiger partial charge in [-0.1, -0.05) is 63.7 Å².